The van der Waals surface area contributed by atoms with Gasteiger partial charge in [-0.3, -0.25) is 14.3 Å². The van der Waals surface area contributed by atoms with Crippen molar-refractivity contribution in [1.29, 1.82) is 0 Å². The van der Waals surface area contributed by atoms with Gasteiger partial charge in [0.2, 0.25) is 0 Å². The third-order valence-corrected chi connectivity index (χ3v) is 6.07. The zero-order valence-electron chi connectivity index (χ0n) is 14.4. The second kappa shape index (κ2) is 5.66. The first kappa shape index (κ1) is 19.1. The number of nitrogens with one attached hydrogen (secondary N) is 1. The van der Waals surface area contributed by atoms with Gasteiger partial charge in [-0.1, -0.05) is 29.8 Å². The van der Waals surface area contributed by atoms with Crippen LogP contribution in [0.25, 0.3) is 6.08 Å². The van der Waals surface area contributed by atoms with Crippen LogP contribution in [0.4, 0.5) is 0 Å². The van der Waals surface area contributed by atoms with E-state index in [0.29, 0.717) is 0 Å². The quantitative estimate of drug-likeness (QED) is 0.702. The maximum Gasteiger partial charge on any atom is 0.330 e. The Hall–Kier alpha value is -1.22. The van der Waals surface area contributed by atoms with Crippen LogP contribution < -0.4 is 11.2 Å². The Morgan fingerprint density at radius 2 is 1.88 bits per heavy atom. The molecule has 3 N–H and O–H groups in total. The predicted octanol–water partition coefficient (Wildman–Crippen LogP) is 1.13. The number of hydrogen-bond acceptors (Lipinski definition) is 5. The number of nitrogens with zero attached hydrogens (tertiary/aromatic N) is 1. The van der Waals surface area contributed by atoms with E-state index >= 15 is 0 Å². The fourth-order valence-corrected chi connectivity index (χ4v) is 3.59. The van der Waals surface area contributed by atoms with Crippen LogP contribution in [0.15, 0.2) is 20.8 Å². The first-order valence-corrected chi connectivity index (χ1v) is 8.46. The van der Waals surface area contributed by atoms with Gasteiger partial charge in [0.05, 0.1) is 12.2 Å². The Morgan fingerprint density at radius 1 is 1.29 bits per heavy atom. The van der Waals surface area contributed by atoms with Crippen molar-refractivity contribution in [2.75, 3.05) is 6.61 Å². The van der Waals surface area contributed by atoms with Crippen molar-refractivity contribution in [2.24, 2.45) is 5.41 Å². The summed E-state index contributed by atoms with van der Waals surface area (Å²) in [4.78, 5) is 28.1. The molecule has 0 amide bonds. The van der Waals surface area contributed by atoms with E-state index in [2.05, 4.69) is 20.9 Å². The number of H-pyrrole nitrogens is 1. The van der Waals surface area contributed by atoms with E-state index < -0.39 is 40.2 Å². The lowest BCUT2D eigenvalue weighted by Crippen LogP contribution is -2.58. The minimum Gasteiger partial charge on any atom is -0.393 e. The molecule has 24 heavy (non-hydrogen) atoms. The number of aromatic nitrogens is 2. The van der Waals surface area contributed by atoms with Gasteiger partial charge >= 0.3 is 5.69 Å². The number of aromatic amines is 1. The monoisotopic (exact) mass is 402 g/mol. The molecule has 0 spiro atoms. The van der Waals surface area contributed by atoms with E-state index in [1.165, 1.54) is 21.8 Å². The number of halogens is 1. The molecule has 1 fully saturated rings. The lowest BCUT2D eigenvalue weighted by atomic mass is 9.65. The molecule has 8 heteroatoms. The van der Waals surface area contributed by atoms with Crippen LogP contribution in [-0.4, -0.2) is 37.6 Å². The number of aliphatic hydroxyl groups is 2. The number of aliphatic hydroxyl groups excluding tert-OH is 1. The van der Waals surface area contributed by atoms with Crippen molar-refractivity contribution in [3.05, 3.63) is 37.6 Å². The van der Waals surface area contributed by atoms with Crippen LogP contribution in [0.1, 0.15) is 40.2 Å². The zero-order chi connectivity index (χ0) is 18.6. The van der Waals surface area contributed by atoms with Gasteiger partial charge in [0.15, 0.2) is 5.72 Å². The topological polar surface area (TPSA) is 105 Å². The largest absolute Gasteiger partial charge is 0.393 e. The molecule has 0 unspecified atom stereocenters. The Kier molecular flexibility index (Phi) is 4.50. The normalized spacial score (nSPS) is 35.7. The maximum atomic E-state index is 12.4. The number of hydrogen-bond donors (Lipinski definition) is 3. The summed E-state index contributed by atoms with van der Waals surface area (Å²) in [5.74, 6) is 0. The van der Waals surface area contributed by atoms with Gasteiger partial charge in [-0.2, -0.15) is 0 Å². The molecule has 0 aliphatic carbocycles. The molecule has 1 aliphatic heterocycles. The molecule has 1 aromatic heterocycles. The van der Waals surface area contributed by atoms with E-state index in [1.807, 2.05) is 0 Å². The highest BCUT2D eigenvalue weighted by molar-refractivity contribution is 9.11. The van der Waals surface area contributed by atoms with Gasteiger partial charge in [0, 0.05) is 11.6 Å². The van der Waals surface area contributed by atoms with Crippen LogP contribution in [0.5, 0.6) is 0 Å². The lowest BCUT2D eigenvalue weighted by Gasteiger charge is -2.43. The molecule has 3 atom stereocenters. The molecule has 1 aliphatic rings. The van der Waals surface area contributed by atoms with E-state index in [9.17, 15) is 19.8 Å². The van der Waals surface area contributed by atoms with Crippen molar-refractivity contribution in [2.45, 2.75) is 51.5 Å². The van der Waals surface area contributed by atoms with Crippen LogP contribution in [0.3, 0.4) is 0 Å². The van der Waals surface area contributed by atoms with Crippen molar-refractivity contribution < 1.29 is 14.9 Å². The third kappa shape index (κ3) is 2.28. The molecule has 0 radical (unpaired) electrons. The van der Waals surface area contributed by atoms with E-state index in [-0.39, 0.29) is 5.56 Å². The van der Waals surface area contributed by atoms with Gasteiger partial charge in [0.25, 0.3) is 5.56 Å². The molecule has 0 saturated carbocycles. The van der Waals surface area contributed by atoms with Crippen LogP contribution in [0, 0.1) is 5.41 Å². The third-order valence-electron chi connectivity index (χ3n) is 5.80. The molecular weight excluding hydrogens is 380 g/mol. The maximum absolute atomic E-state index is 12.4. The lowest BCUT2D eigenvalue weighted by molar-refractivity contribution is -0.182. The molecule has 2 heterocycles. The van der Waals surface area contributed by atoms with Gasteiger partial charge < -0.3 is 14.9 Å². The number of ether oxygens (including phenoxy) is 1. The van der Waals surface area contributed by atoms with Crippen molar-refractivity contribution in [3.8, 4) is 0 Å². The Labute approximate surface area is 148 Å². The first-order valence-electron chi connectivity index (χ1n) is 7.54. The SMILES string of the molecule is CC1(C)[C@](C)(n2cc(/C=C/Br)c(=O)[nH]c2=O)O[C@](C)(CO)[C@]1(C)O. The smallest absolute Gasteiger partial charge is 0.330 e. The summed E-state index contributed by atoms with van der Waals surface area (Å²) in [5.41, 5.74) is -5.91. The predicted molar refractivity (Wildman–Crippen MR) is 93.9 cm³/mol. The second-order valence-electron chi connectivity index (χ2n) is 7.18. The Bertz CT molecular complexity index is 794. The molecule has 134 valence electrons. The second-order valence-corrected chi connectivity index (χ2v) is 7.71. The average molecular weight is 403 g/mol. The van der Waals surface area contributed by atoms with Crippen LogP contribution in [-0.2, 0) is 10.5 Å². The molecule has 1 saturated heterocycles. The van der Waals surface area contributed by atoms with Crippen molar-refractivity contribution in [3.63, 3.8) is 0 Å². The van der Waals surface area contributed by atoms with Crippen LogP contribution in [0.2, 0.25) is 0 Å². The molecule has 2 rings (SSSR count). The summed E-state index contributed by atoms with van der Waals surface area (Å²) in [5, 5.41) is 20.8. The standard InChI is InChI=1S/C16H23BrN2O5/c1-13(2)15(4,23)14(3,9-20)24-16(13,5)19-8-10(6-7-17)11(21)18-12(19)22/h6-8,20,23H,9H2,1-5H3,(H,18,21,22)/b7-6+/t14-,15-,16-/m1/s1. The molecule has 7 nitrogen and oxygen atoms in total. The Morgan fingerprint density at radius 3 is 2.33 bits per heavy atom. The first-order chi connectivity index (χ1) is 10.9. The van der Waals surface area contributed by atoms with Gasteiger partial charge in [-0.25, -0.2) is 4.79 Å². The van der Waals surface area contributed by atoms with Gasteiger partial charge in [-0.05, 0) is 31.8 Å². The highest BCUT2D eigenvalue weighted by Gasteiger charge is 2.70. The molecule has 1 aromatic rings. The fraction of sp³-hybridized carbons (Fsp3) is 0.625. The Balaban J connectivity index is 2.79. The molecule has 0 aromatic carbocycles. The fourth-order valence-electron chi connectivity index (χ4n) is 3.30. The molecular formula is C16H23BrN2O5. The van der Waals surface area contributed by atoms with E-state index in [0.717, 1.165) is 0 Å². The van der Waals surface area contributed by atoms with Gasteiger partial charge in [0.1, 0.15) is 11.2 Å². The van der Waals surface area contributed by atoms with Crippen molar-refractivity contribution >= 4 is 22.0 Å². The summed E-state index contributed by atoms with van der Waals surface area (Å²) in [7, 11) is 0. The van der Waals surface area contributed by atoms with E-state index in [4.69, 9.17) is 4.74 Å². The summed E-state index contributed by atoms with van der Waals surface area (Å²) in [6.07, 6.45) is 2.89. The highest BCUT2D eigenvalue weighted by atomic mass is 79.9. The highest BCUT2D eigenvalue weighted by Crippen LogP contribution is 2.59. The minimum atomic E-state index is -1.44. The summed E-state index contributed by atoms with van der Waals surface area (Å²) < 4.78 is 7.32. The molecule has 0 bridgehead atoms. The summed E-state index contributed by atoms with van der Waals surface area (Å²) >= 11 is 3.11. The minimum absolute atomic E-state index is 0.254. The average Bonchev–Trinajstić information content (AvgIpc) is 2.58. The van der Waals surface area contributed by atoms with Crippen LogP contribution >= 0.6 is 15.9 Å². The van der Waals surface area contributed by atoms with E-state index in [1.54, 1.807) is 34.6 Å². The summed E-state index contributed by atoms with van der Waals surface area (Å²) in [6.45, 7) is 7.91. The zero-order valence-corrected chi connectivity index (χ0v) is 16.0. The van der Waals surface area contributed by atoms with Crippen molar-refractivity contribution in [1.82, 2.24) is 9.55 Å². The number of rotatable bonds is 3. The summed E-state index contributed by atoms with van der Waals surface area (Å²) in [6, 6.07) is 0. The van der Waals surface area contributed by atoms with Gasteiger partial charge in [-0.15, -0.1) is 0 Å².